The minimum absolute atomic E-state index is 0.0375. The quantitative estimate of drug-likeness (QED) is 0.524. The predicted molar refractivity (Wildman–Crippen MR) is 103 cm³/mol. The van der Waals surface area contributed by atoms with E-state index in [0.29, 0.717) is 34.1 Å². The molecule has 2 N–H and O–H groups in total. The molecule has 1 aliphatic heterocycles. The van der Waals surface area contributed by atoms with E-state index in [-0.39, 0.29) is 17.2 Å². The first-order valence-corrected chi connectivity index (χ1v) is 9.69. The third-order valence-electron chi connectivity index (χ3n) is 4.67. The SMILES string of the molecule is Cc1nn(-c2ncnc3nc[nH]c23)c2c1C(c1c(F)cccc1F)SCC(=O)N2. The maximum atomic E-state index is 14.6. The molecule has 29 heavy (non-hydrogen) atoms. The Kier molecular flexibility index (Phi) is 4.05. The van der Waals surface area contributed by atoms with Gasteiger partial charge in [-0.3, -0.25) is 4.79 Å². The molecule has 4 aromatic rings. The fourth-order valence-corrected chi connectivity index (χ4v) is 4.67. The largest absolute Gasteiger partial charge is 0.340 e. The molecule has 0 saturated carbocycles. The lowest BCUT2D eigenvalue weighted by molar-refractivity contribution is -0.113. The maximum absolute atomic E-state index is 14.6. The van der Waals surface area contributed by atoms with Crippen LogP contribution in [0.1, 0.15) is 22.1 Å². The van der Waals surface area contributed by atoms with Crippen LogP contribution in [-0.2, 0) is 4.79 Å². The Hall–Kier alpha value is -3.34. The fraction of sp³-hybridized carbons (Fsp3) is 0.167. The molecule has 1 aliphatic rings. The number of anilines is 1. The van der Waals surface area contributed by atoms with Crippen molar-refractivity contribution in [2.24, 2.45) is 0 Å². The lowest BCUT2D eigenvalue weighted by Crippen LogP contribution is -2.16. The summed E-state index contributed by atoms with van der Waals surface area (Å²) in [4.78, 5) is 27.8. The van der Waals surface area contributed by atoms with Crippen LogP contribution in [0, 0.1) is 18.6 Å². The highest BCUT2D eigenvalue weighted by Crippen LogP contribution is 2.45. The molecule has 0 saturated heterocycles. The van der Waals surface area contributed by atoms with Gasteiger partial charge in [-0.2, -0.15) is 9.78 Å². The predicted octanol–water partition coefficient (Wildman–Crippen LogP) is 2.90. The first kappa shape index (κ1) is 17.7. The molecule has 0 bridgehead atoms. The summed E-state index contributed by atoms with van der Waals surface area (Å²) >= 11 is 1.15. The lowest BCUT2D eigenvalue weighted by atomic mass is 10.0. The molecular weight excluding hydrogens is 400 g/mol. The number of nitrogens with one attached hydrogen (secondary N) is 2. The Labute approximate surface area is 166 Å². The molecule has 3 aromatic heterocycles. The summed E-state index contributed by atoms with van der Waals surface area (Å²) in [5.74, 6) is -0.917. The standard InChI is InChI=1S/C18H13F2N7OS/c1-8-12-15(13-9(19)3-2-4-10(13)20)29-5-11(28)25-17(12)27(26-8)18-14-16(22-6-21-14)23-7-24-18/h2-4,6-7,15H,5H2,1H3,(H,25,28)(H,21,22,23,24). The lowest BCUT2D eigenvalue weighted by Gasteiger charge is -2.16. The number of fused-ring (bicyclic) bond motifs is 2. The summed E-state index contributed by atoms with van der Waals surface area (Å²) in [5.41, 5.74) is 1.90. The molecule has 1 aromatic carbocycles. The number of aromatic nitrogens is 6. The Morgan fingerprint density at radius 2 is 1.97 bits per heavy atom. The van der Waals surface area contributed by atoms with Gasteiger partial charge >= 0.3 is 0 Å². The van der Waals surface area contributed by atoms with Crippen LogP contribution in [0.15, 0.2) is 30.9 Å². The van der Waals surface area contributed by atoms with Gasteiger partial charge in [-0.05, 0) is 19.1 Å². The number of hydrogen-bond acceptors (Lipinski definition) is 6. The van der Waals surface area contributed by atoms with E-state index in [1.165, 1.54) is 35.5 Å². The van der Waals surface area contributed by atoms with E-state index in [9.17, 15) is 13.6 Å². The molecule has 0 radical (unpaired) electrons. The first-order chi connectivity index (χ1) is 14.0. The van der Waals surface area contributed by atoms with Gasteiger partial charge in [0.1, 0.15) is 29.3 Å². The Morgan fingerprint density at radius 3 is 2.76 bits per heavy atom. The highest BCUT2D eigenvalue weighted by atomic mass is 32.2. The summed E-state index contributed by atoms with van der Waals surface area (Å²) in [6.45, 7) is 1.73. The zero-order chi connectivity index (χ0) is 20.1. The van der Waals surface area contributed by atoms with Crippen LogP contribution in [0.3, 0.4) is 0 Å². The van der Waals surface area contributed by atoms with E-state index in [2.05, 4.69) is 30.4 Å². The van der Waals surface area contributed by atoms with Crippen LogP contribution in [-0.4, -0.2) is 41.4 Å². The molecule has 0 aliphatic carbocycles. The van der Waals surface area contributed by atoms with Crippen molar-refractivity contribution >= 4 is 34.7 Å². The van der Waals surface area contributed by atoms with Crippen LogP contribution in [0.4, 0.5) is 14.6 Å². The summed E-state index contributed by atoms with van der Waals surface area (Å²) < 4.78 is 30.6. The normalized spacial score (nSPS) is 16.5. The van der Waals surface area contributed by atoms with Crippen LogP contribution >= 0.6 is 11.8 Å². The smallest absolute Gasteiger partial charge is 0.235 e. The summed E-state index contributed by atoms with van der Waals surface area (Å²) in [5, 5.41) is 6.56. The van der Waals surface area contributed by atoms with Gasteiger partial charge in [0.2, 0.25) is 5.91 Å². The number of halogens is 2. The van der Waals surface area contributed by atoms with Gasteiger partial charge in [-0.1, -0.05) is 6.07 Å². The van der Waals surface area contributed by atoms with E-state index in [1.807, 2.05) is 0 Å². The number of imidazole rings is 1. The number of aromatic amines is 1. The van der Waals surface area contributed by atoms with Crippen LogP contribution < -0.4 is 5.32 Å². The second-order valence-electron chi connectivity index (χ2n) is 6.43. The third-order valence-corrected chi connectivity index (χ3v) is 5.91. The van der Waals surface area contributed by atoms with E-state index in [4.69, 9.17) is 0 Å². The zero-order valence-electron chi connectivity index (χ0n) is 15.0. The van der Waals surface area contributed by atoms with E-state index >= 15 is 0 Å². The molecule has 1 amide bonds. The molecule has 11 heteroatoms. The number of nitrogens with zero attached hydrogens (tertiary/aromatic N) is 5. The van der Waals surface area contributed by atoms with Crippen LogP contribution in [0.2, 0.25) is 0 Å². The number of carbonyl (C=O) groups excluding carboxylic acids is 1. The van der Waals surface area contributed by atoms with Crippen LogP contribution in [0.5, 0.6) is 0 Å². The number of amides is 1. The van der Waals surface area contributed by atoms with Gasteiger partial charge in [-0.25, -0.2) is 23.7 Å². The topological polar surface area (TPSA) is 101 Å². The van der Waals surface area contributed by atoms with Crippen molar-refractivity contribution in [3.8, 4) is 5.82 Å². The molecule has 1 unspecified atom stereocenters. The molecule has 0 spiro atoms. The Balaban J connectivity index is 1.77. The highest BCUT2D eigenvalue weighted by molar-refractivity contribution is 8.00. The Morgan fingerprint density at radius 1 is 1.17 bits per heavy atom. The molecule has 4 heterocycles. The summed E-state index contributed by atoms with van der Waals surface area (Å²) in [6, 6.07) is 3.72. The molecule has 8 nitrogen and oxygen atoms in total. The van der Waals surface area contributed by atoms with Crippen molar-refractivity contribution in [3.63, 3.8) is 0 Å². The van der Waals surface area contributed by atoms with Gasteiger partial charge in [0.25, 0.3) is 0 Å². The number of aryl methyl sites for hydroxylation is 1. The zero-order valence-corrected chi connectivity index (χ0v) is 15.8. The third kappa shape index (κ3) is 2.77. The van der Waals surface area contributed by atoms with E-state index in [1.54, 1.807) is 6.92 Å². The average Bonchev–Trinajstić information content (AvgIpc) is 3.24. The summed E-state index contributed by atoms with van der Waals surface area (Å²) in [6.07, 6.45) is 2.81. The number of rotatable bonds is 2. The van der Waals surface area contributed by atoms with Crippen molar-refractivity contribution in [1.82, 2.24) is 29.7 Å². The van der Waals surface area contributed by atoms with Gasteiger partial charge in [-0.15, -0.1) is 11.8 Å². The van der Waals surface area contributed by atoms with Crippen molar-refractivity contribution in [3.05, 3.63) is 59.3 Å². The van der Waals surface area contributed by atoms with Gasteiger partial charge < -0.3 is 10.3 Å². The van der Waals surface area contributed by atoms with Crippen molar-refractivity contribution in [2.45, 2.75) is 12.2 Å². The van der Waals surface area contributed by atoms with Gasteiger partial charge in [0, 0.05) is 11.1 Å². The minimum Gasteiger partial charge on any atom is -0.340 e. The van der Waals surface area contributed by atoms with Crippen molar-refractivity contribution in [2.75, 3.05) is 11.1 Å². The van der Waals surface area contributed by atoms with Crippen molar-refractivity contribution in [1.29, 1.82) is 0 Å². The van der Waals surface area contributed by atoms with Gasteiger partial charge in [0.05, 0.1) is 23.0 Å². The minimum atomic E-state index is -0.752. The van der Waals surface area contributed by atoms with E-state index < -0.39 is 16.9 Å². The molecule has 146 valence electrons. The second-order valence-corrected chi connectivity index (χ2v) is 7.53. The highest BCUT2D eigenvalue weighted by Gasteiger charge is 2.34. The number of hydrogen-bond donors (Lipinski definition) is 2. The fourth-order valence-electron chi connectivity index (χ4n) is 3.44. The molecule has 1 atom stereocenters. The van der Waals surface area contributed by atoms with Gasteiger partial charge in [0.15, 0.2) is 11.5 Å². The maximum Gasteiger partial charge on any atom is 0.235 e. The molecular formula is C18H13F2N7OS. The summed E-state index contributed by atoms with van der Waals surface area (Å²) in [7, 11) is 0. The first-order valence-electron chi connectivity index (χ1n) is 8.64. The monoisotopic (exact) mass is 413 g/mol. The average molecular weight is 413 g/mol. The van der Waals surface area contributed by atoms with Crippen molar-refractivity contribution < 1.29 is 13.6 Å². The van der Waals surface area contributed by atoms with E-state index in [0.717, 1.165) is 11.8 Å². The molecule has 0 fully saturated rings. The van der Waals surface area contributed by atoms with Crippen LogP contribution in [0.25, 0.3) is 17.0 Å². The number of H-pyrrole nitrogens is 1. The number of benzene rings is 1. The Bertz CT molecular complexity index is 1250. The molecule has 5 rings (SSSR count). The number of thioether (sulfide) groups is 1. The second kappa shape index (κ2) is 6.62. The number of carbonyl (C=O) groups is 1.